The Labute approximate surface area is 84.5 Å². The van der Waals surface area contributed by atoms with E-state index in [0.29, 0.717) is 0 Å². The molecule has 0 spiro atoms. The van der Waals surface area contributed by atoms with Crippen LogP contribution in [0.1, 0.15) is 5.56 Å². The Bertz CT molecular complexity index is 409. The van der Waals surface area contributed by atoms with Gasteiger partial charge < -0.3 is 0 Å². The molecule has 3 nitrogen and oxygen atoms in total. The van der Waals surface area contributed by atoms with Crippen LogP contribution >= 0.6 is 15.9 Å². The van der Waals surface area contributed by atoms with E-state index >= 15 is 0 Å². The first kappa shape index (κ1) is 8.44. The molecule has 0 unspecified atom stereocenters. The number of benzene rings is 1. The monoisotopic (exact) mass is 237 g/mol. The van der Waals surface area contributed by atoms with Crippen LogP contribution in [-0.4, -0.2) is 15.0 Å². The van der Waals surface area contributed by atoms with E-state index in [1.807, 2.05) is 25.3 Å². The third-order valence-corrected chi connectivity index (χ3v) is 2.44. The van der Waals surface area contributed by atoms with Crippen molar-refractivity contribution in [3.05, 3.63) is 40.6 Å². The molecule has 1 heterocycles. The van der Waals surface area contributed by atoms with Crippen molar-refractivity contribution in [2.24, 2.45) is 0 Å². The summed E-state index contributed by atoms with van der Waals surface area (Å²) in [5.41, 5.74) is 2.21. The smallest absolute Gasteiger partial charge is 0.0808 e. The molecule has 1 aromatic heterocycles. The summed E-state index contributed by atoms with van der Waals surface area (Å²) in [6.45, 7) is 2.05. The third kappa shape index (κ3) is 1.62. The number of aryl methyl sites for hydroxylation is 1. The van der Waals surface area contributed by atoms with E-state index in [-0.39, 0.29) is 0 Å². The lowest BCUT2D eigenvalue weighted by atomic mass is 10.2. The van der Waals surface area contributed by atoms with Crippen LogP contribution in [0, 0.1) is 6.92 Å². The summed E-state index contributed by atoms with van der Waals surface area (Å²) in [5, 5.41) is 7.69. The lowest BCUT2D eigenvalue weighted by molar-refractivity contribution is 0.799. The fraction of sp³-hybridized carbons (Fsp3) is 0.111. The highest BCUT2D eigenvalue weighted by atomic mass is 79.9. The maximum atomic E-state index is 3.93. The summed E-state index contributed by atoms with van der Waals surface area (Å²) in [6, 6.07) is 6.11. The van der Waals surface area contributed by atoms with E-state index in [2.05, 4.69) is 32.3 Å². The molecule has 2 rings (SSSR count). The molecule has 0 bridgehead atoms. The van der Waals surface area contributed by atoms with Gasteiger partial charge in [0.05, 0.1) is 18.1 Å². The molecular weight excluding hydrogens is 230 g/mol. The van der Waals surface area contributed by atoms with Gasteiger partial charge in [-0.05, 0) is 40.5 Å². The molecule has 66 valence electrons. The maximum Gasteiger partial charge on any atom is 0.0808 e. The molecule has 4 heteroatoms. The van der Waals surface area contributed by atoms with Gasteiger partial charge in [-0.3, -0.25) is 0 Å². The minimum Gasteiger partial charge on any atom is -0.220 e. The van der Waals surface area contributed by atoms with E-state index in [1.165, 1.54) is 5.56 Å². The molecule has 0 radical (unpaired) electrons. The van der Waals surface area contributed by atoms with Crippen LogP contribution in [0.15, 0.2) is 35.1 Å². The van der Waals surface area contributed by atoms with Gasteiger partial charge in [-0.15, -0.1) is 5.10 Å². The summed E-state index contributed by atoms with van der Waals surface area (Å²) in [7, 11) is 0. The van der Waals surface area contributed by atoms with Crippen LogP contribution in [0.3, 0.4) is 0 Å². The number of aromatic nitrogens is 3. The van der Waals surface area contributed by atoms with Gasteiger partial charge in [-0.1, -0.05) is 11.3 Å². The zero-order chi connectivity index (χ0) is 9.26. The molecule has 0 atom stereocenters. The van der Waals surface area contributed by atoms with Gasteiger partial charge in [0.2, 0.25) is 0 Å². The highest BCUT2D eigenvalue weighted by Crippen LogP contribution is 2.20. The topological polar surface area (TPSA) is 30.7 Å². The zero-order valence-electron chi connectivity index (χ0n) is 7.11. The Morgan fingerprint density at radius 2 is 2.23 bits per heavy atom. The Morgan fingerprint density at radius 1 is 1.38 bits per heavy atom. The van der Waals surface area contributed by atoms with Crippen molar-refractivity contribution in [1.82, 2.24) is 15.0 Å². The van der Waals surface area contributed by atoms with E-state index in [4.69, 9.17) is 0 Å². The van der Waals surface area contributed by atoms with Crippen molar-refractivity contribution in [2.45, 2.75) is 6.92 Å². The highest BCUT2D eigenvalue weighted by Gasteiger charge is 2.02. The molecule has 0 amide bonds. The van der Waals surface area contributed by atoms with Gasteiger partial charge >= 0.3 is 0 Å². The molecule has 0 aliphatic carbocycles. The van der Waals surface area contributed by atoms with Crippen LogP contribution in [0.5, 0.6) is 0 Å². The lowest BCUT2D eigenvalue weighted by Crippen LogP contribution is -1.96. The van der Waals surface area contributed by atoms with Crippen molar-refractivity contribution in [3.8, 4) is 5.69 Å². The van der Waals surface area contributed by atoms with E-state index < -0.39 is 0 Å². The predicted molar refractivity (Wildman–Crippen MR) is 53.8 cm³/mol. The number of hydrogen-bond donors (Lipinski definition) is 0. The summed E-state index contributed by atoms with van der Waals surface area (Å²) in [4.78, 5) is 0. The minimum atomic E-state index is 1.01. The van der Waals surface area contributed by atoms with Crippen LogP contribution in [0.4, 0.5) is 0 Å². The second-order valence-corrected chi connectivity index (χ2v) is 3.66. The van der Waals surface area contributed by atoms with Gasteiger partial charge in [0, 0.05) is 4.47 Å². The Morgan fingerprint density at radius 3 is 2.92 bits per heavy atom. The average molecular weight is 238 g/mol. The number of halogens is 1. The molecule has 13 heavy (non-hydrogen) atoms. The minimum absolute atomic E-state index is 1.01. The molecule has 0 aliphatic rings. The maximum absolute atomic E-state index is 3.93. The van der Waals surface area contributed by atoms with Gasteiger partial charge in [0.15, 0.2) is 0 Å². The highest BCUT2D eigenvalue weighted by molar-refractivity contribution is 9.10. The summed E-state index contributed by atoms with van der Waals surface area (Å²) in [5.74, 6) is 0. The Balaban J connectivity index is 2.57. The number of nitrogens with zero attached hydrogens (tertiary/aromatic N) is 3. The quantitative estimate of drug-likeness (QED) is 0.763. The van der Waals surface area contributed by atoms with E-state index in [9.17, 15) is 0 Å². The second-order valence-electron chi connectivity index (χ2n) is 2.80. The van der Waals surface area contributed by atoms with Crippen LogP contribution < -0.4 is 0 Å². The van der Waals surface area contributed by atoms with Crippen molar-refractivity contribution in [1.29, 1.82) is 0 Å². The van der Waals surface area contributed by atoms with Crippen molar-refractivity contribution < 1.29 is 0 Å². The Hall–Kier alpha value is -1.16. The van der Waals surface area contributed by atoms with Crippen molar-refractivity contribution in [2.75, 3.05) is 0 Å². The zero-order valence-corrected chi connectivity index (χ0v) is 8.69. The Kier molecular flexibility index (Phi) is 2.14. The summed E-state index contributed by atoms with van der Waals surface area (Å²) >= 11 is 3.46. The molecular formula is C9H8BrN3. The normalized spacial score (nSPS) is 10.3. The van der Waals surface area contributed by atoms with Crippen LogP contribution in [0.2, 0.25) is 0 Å². The first-order valence-corrected chi connectivity index (χ1v) is 4.69. The van der Waals surface area contributed by atoms with Gasteiger partial charge in [0.1, 0.15) is 0 Å². The first-order chi connectivity index (χ1) is 6.27. The standard InChI is InChI=1S/C9H8BrN3/c1-7-2-3-8(10)9(6-7)13-5-4-11-12-13/h2-6H,1H3. The van der Waals surface area contributed by atoms with E-state index in [0.717, 1.165) is 10.2 Å². The summed E-state index contributed by atoms with van der Waals surface area (Å²) in [6.07, 6.45) is 3.48. The SMILES string of the molecule is Cc1ccc(Br)c(-n2ccnn2)c1. The lowest BCUT2D eigenvalue weighted by Gasteiger charge is -2.03. The number of rotatable bonds is 1. The molecule has 0 aliphatic heterocycles. The van der Waals surface area contributed by atoms with Crippen LogP contribution in [-0.2, 0) is 0 Å². The van der Waals surface area contributed by atoms with Gasteiger partial charge in [0.25, 0.3) is 0 Å². The van der Waals surface area contributed by atoms with E-state index in [1.54, 1.807) is 10.9 Å². The largest absolute Gasteiger partial charge is 0.220 e. The molecule has 0 saturated carbocycles. The van der Waals surface area contributed by atoms with Crippen LogP contribution in [0.25, 0.3) is 5.69 Å². The second kappa shape index (κ2) is 3.30. The molecule has 1 aromatic carbocycles. The predicted octanol–water partition coefficient (Wildman–Crippen LogP) is 2.34. The number of hydrogen-bond acceptors (Lipinski definition) is 2. The van der Waals surface area contributed by atoms with Gasteiger partial charge in [-0.25, -0.2) is 4.68 Å². The fourth-order valence-electron chi connectivity index (χ4n) is 1.13. The molecule has 0 N–H and O–H groups in total. The van der Waals surface area contributed by atoms with Crippen molar-refractivity contribution in [3.63, 3.8) is 0 Å². The molecule has 0 saturated heterocycles. The molecule has 0 fully saturated rings. The fourth-order valence-corrected chi connectivity index (χ4v) is 1.56. The average Bonchev–Trinajstić information content (AvgIpc) is 2.61. The van der Waals surface area contributed by atoms with Gasteiger partial charge in [-0.2, -0.15) is 0 Å². The molecule has 2 aromatic rings. The first-order valence-electron chi connectivity index (χ1n) is 3.90. The van der Waals surface area contributed by atoms with Crippen molar-refractivity contribution >= 4 is 15.9 Å². The third-order valence-electron chi connectivity index (χ3n) is 1.77. The summed E-state index contributed by atoms with van der Waals surface area (Å²) < 4.78 is 2.75.